The third-order valence-corrected chi connectivity index (χ3v) is 3.17. The van der Waals surface area contributed by atoms with Crippen LogP contribution in [0.25, 0.3) is 0 Å². The van der Waals surface area contributed by atoms with Gasteiger partial charge in [0.2, 0.25) is 17.5 Å². The van der Waals surface area contributed by atoms with Crippen molar-refractivity contribution in [1.29, 1.82) is 0 Å². The van der Waals surface area contributed by atoms with E-state index in [1.165, 1.54) is 0 Å². The molecule has 0 N–H and O–H groups in total. The molecule has 0 radical (unpaired) electrons. The summed E-state index contributed by atoms with van der Waals surface area (Å²) in [4.78, 5) is 0. The van der Waals surface area contributed by atoms with Crippen LogP contribution in [0.1, 0.15) is 0 Å². The number of hydrogen-bond donors (Lipinski definition) is 0. The maximum absolute atomic E-state index is 12.0. The van der Waals surface area contributed by atoms with Gasteiger partial charge < -0.3 is 0 Å². The second-order valence-corrected chi connectivity index (χ2v) is 5.35. The molecule has 0 atom stereocenters. The van der Waals surface area contributed by atoms with E-state index in [1.54, 1.807) is 0 Å². The van der Waals surface area contributed by atoms with Crippen LogP contribution in [0, 0.1) is 87.3 Å². The van der Waals surface area contributed by atoms with E-state index >= 15 is 0 Å². The topological polar surface area (TPSA) is 0 Å². The van der Waals surface area contributed by atoms with Crippen LogP contribution in [0.15, 0.2) is 18.2 Å². The lowest BCUT2D eigenvalue weighted by Crippen LogP contribution is -1.98. The van der Waals surface area contributed by atoms with E-state index in [0.29, 0.717) is 0 Å². The lowest BCUT2D eigenvalue weighted by Gasteiger charge is -1.96. The van der Waals surface area contributed by atoms with E-state index in [4.69, 9.17) is 0 Å². The molecule has 186 valence electrons. The molecule has 0 spiro atoms. The van der Waals surface area contributed by atoms with Gasteiger partial charge in [0, 0.05) is 18.2 Å². The van der Waals surface area contributed by atoms with Crippen LogP contribution in [0.5, 0.6) is 0 Å². The van der Waals surface area contributed by atoms with Crippen molar-refractivity contribution >= 4 is 8.41 Å². The SMILES string of the molecule is B.Fc1cc(F)c(F)c(F)c1F.Fc1cc(F)c(F)c(F)c1F.Fc1cc(F)c(F)c(F)c1F. The highest BCUT2D eigenvalue weighted by Crippen LogP contribution is 2.18. The standard InChI is InChI=1S/3C6HF5.BH3/c3*7-2-1-3(8)5(10)6(11)4(2)9;/h3*1H;1H3. The van der Waals surface area contributed by atoms with Crippen LogP contribution < -0.4 is 0 Å². The van der Waals surface area contributed by atoms with Gasteiger partial charge in [-0.3, -0.25) is 0 Å². The molecule has 3 aromatic carbocycles. The van der Waals surface area contributed by atoms with Gasteiger partial charge in [-0.25, -0.2) is 65.9 Å². The van der Waals surface area contributed by atoms with Crippen molar-refractivity contribution in [2.45, 2.75) is 0 Å². The maximum atomic E-state index is 12.0. The van der Waals surface area contributed by atoms with Gasteiger partial charge in [-0.2, -0.15) is 0 Å². The zero-order valence-corrected chi connectivity index (χ0v) is 14.9. The molecule has 0 bridgehead atoms. The average Bonchev–Trinajstić information content (AvgIpc) is 2.77. The highest BCUT2D eigenvalue weighted by atomic mass is 19.2. The molecule has 0 saturated carbocycles. The Morgan fingerprint density at radius 1 is 0.235 bits per heavy atom. The number of halogens is 15. The summed E-state index contributed by atoms with van der Waals surface area (Å²) in [5.41, 5.74) is 0. The molecule has 3 rings (SSSR count). The van der Waals surface area contributed by atoms with E-state index < -0.39 is 87.3 Å². The van der Waals surface area contributed by atoms with Crippen molar-refractivity contribution in [2.24, 2.45) is 0 Å². The molecule has 0 nitrogen and oxygen atoms in total. The predicted octanol–water partition coefficient (Wildman–Crippen LogP) is 5.96. The number of benzene rings is 3. The van der Waals surface area contributed by atoms with E-state index in [1.807, 2.05) is 0 Å². The first-order valence-corrected chi connectivity index (χ1v) is 7.57. The molecule has 0 saturated heterocycles. The monoisotopic (exact) mass is 518 g/mol. The molecular weight excluding hydrogens is 512 g/mol. The van der Waals surface area contributed by atoms with Gasteiger partial charge in [-0.1, -0.05) is 0 Å². The smallest absolute Gasteiger partial charge is 0.200 e. The van der Waals surface area contributed by atoms with Crippen molar-refractivity contribution in [3.05, 3.63) is 105 Å². The van der Waals surface area contributed by atoms with E-state index in [0.717, 1.165) is 0 Å². The fourth-order valence-corrected chi connectivity index (χ4v) is 1.63. The van der Waals surface area contributed by atoms with Crippen molar-refractivity contribution in [1.82, 2.24) is 0 Å². The van der Waals surface area contributed by atoms with Gasteiger partial charge in [-0.15, -0.1) is 0 Å². The van der Waals surface area contributed by atoms with Crippen molar-refractivity contribution in [3.63, 3.8) is 0 Å². The molecule has 0 fully saturated rings. The Balaban J connectivity index is 0.000000473. The third kappa shape index (κ3) is 6.84. The molecule has 0 aliphatic heterocycles. The maximum Gasteiger partial charge on any atom is 0.200 e. The van der Waals surface area contributed by atoms with Crippen LogP contribution in [0.4, 0.5) is 65.9 Å². The summed E-state index contributed by atoms with van der Waals surface area (Å²) in [6, 6.07) is -0.185. The molecule has 34 heavy (non-hydrogen) atoms. The molecule has 0 aliphatic rings. The summed E-state index contributed by atoms with van der Waals surface area (Å²) in [5, 5.41) is 0. The molecular formula is C18H6BF15. The first kappa shape index (κ1) is 30.7. The van der Waals surface area contributed by atoms with Crippen LogP contribution in [0.3, 0.4) is 0 Å². The molecule has 0 amide bonds. The molecule has 3 aromatic rings. The van der Waals surface area contributed by atoms with Crippen molar-refractivity contribution in [2.75, 3.05) is 0 Å². The Labute approximate surface area is 180 Å². The highest BCUT2D eigenvalue weighted by Gasteiger charge is 2.20. The molecule has 0 aliphatic carbocycles. The second-order valence-electron chi connectivity index (χ2n) is 5.35. The lowest BCUT2D eigenvalue weighted by atomic mass is 10.3. The quantitative estimate of drug-likeness (QED) is 0.149. The zero-order valence-electron chi connectivity index (χ0n) is 14.9. The average molecular weight is 518 g/mol. The van der Waals surface area contributed by atoms with Crippen molar-refractivity contribution in [3.8, 4) is 0 Å². The number of hydrogen-bond acceptors (Lipinski definition) is 0. The van der Waals surface area contributed by atoms with E-state index in [-0.39, 0.29) is 26.6 Å². The van der Waals surface area contributed by atoms with Crippen LogP contribution in [0.2, 0.25) is 0 Å². The number of rotatable bonds is 0. The minimum Gasteiger partial charge on any atom is -0.204 e. The first-order valence-electron chi connectivity index (χ1n) is 7.57. The minimum atomic E-state index is -2.14. The molecule has 0 heterocycles. The van der Waals surface area contributed by atoms with Gasteiger partial charge in [0.1, 0.15) is 0 Å². The fraction of sp³-hybridized carbons (Fsp3) is 0. The second kappa shape index (κ2) is 12.2. The van der Waals surface area contributed by atoms with Gasteiger partial charge >= 0.3 is 0 Å². The Kier molecular flexibility index (Phi) is 11.0. The first-order chi connectivity index (χ1) is 15.1. The summed E-state index contributed by atoms with van der Waals surface area (Å²) in [7, 11) is 0. The van der Waals surface area contributed by atoms with Gasteiger partial charge in [-0.05, 0) is 0 Å². The zero-order chi connectivity index (χ0) is 25.8. The third-order valence-electron chi connectivity index (χ3n) is 3.17. The highest BCUT2D eigenvalue weighted by molar-refractivity contribution is 5.75. The molecule has 0 unspecified atom stereocenters. The normalized spacial score (nSPS) is 9.97. The van der Waals surface area contributed by atoms with Gasteiger partial charge in [0.25, 0.3) is 0 Å². The summed E-state index contributed by atoms with van der Waals surface area (Å²) in [5.74, 6) is -29.0. The van der Waals surface area contributed by atoms with Gasteiger partial charge in [0.15, 0.2) is 69.8 Å². The molecule has 16 heteroatoms. The Bertz CT molecular complexity index is 955. The van der Waals surface area contributed by atoms with E-state index in [2.05, 4.69) is 0 Å². The Morgan fingerprint density at radius 3 is 0.471 bits per heavy atom. The lowest BCUT2D eigenvalue weighted by molar-refractivity contribution is 0.378. The van der Waals surface area contributed by atoms with Crippen molar-refractivity contribution < 1.29 is 65.9 Å². The van der Waals surface area contributed by atoms with E-state index in [9.17, 15) is 65.9 Å². The summed E-state index contributed by atoms with van der Waals surface area (Å²) < 4.78 is 180. The largest absolute Gasteiger partial charge is 0.204 e. The predicted molar refractivity (Wildman–Crippen MR) is 88.6 cm³/mol. The minimum absolute atomic E-state index is 0. The summed E-state index contributed by atoms with van der Waals surface area (Å²) in [6.07, 6.45) is 0. The van der Waals surface area contributed by atoms with Crippen LogP contribution >= 0.6 is 0 Å². The van der Waals surface area contributed by atoms with Crippen LogP contribution in [-0.2, 0) is 0 Å². The van der Waals surface area contributed by atoms with Crippen LogP contribution in [-0.4, -0.2) is 8.41 Å². The molecule has 0 aromatic heterocycles. The fourth-order valence-electron chi connectivity index (χ4n) is 1.63. The van der Waals surface area contributed by atoms with Gasteiger partial charge in [0.05, 0.1) is 8.41 Å². The summed E-state index contributed by atoms with van der Waals surface area (Å²) >= 11 is 0. The Hall–Kier alpha value is -3.33. The Morgan fingerprint density at radius 2 is 0.353 bits per heavy atom. The summed E-state index contributed by atoms with van der Waals surface area (Å²) in [6.45, 7) is 0.